The van der Waals surface area contributed by atoms with Crippen LogP contribution < -0.4 is 26.4 Å². The van der Waals surface area contributed by atoms with E-state index in [2.05, 4.69) is 63.9 Å². The van der Waals surface area contributed by atoms with Crippen LogP contribution >= 0.6 is 21.6 Å². The highest BCUT2D eigenvalue weighted by atomic mass is 33.1. The fraction of sp³-hybridized carbons (Fsp3) is 0.719. The molecule has 1 aromatic rings. The molecule has 0 aromatic heterocycles. The number of esters is 1. The van der Waals surface area contributed by atoms with E-state index in [4.69, 9.17) is 20.2 Å². The second-order valence-electron chi connectivity index (χ2n) is 27.3. The normalized spacial score (nSPS) is 46.0. The summed E-state index contributed by atoms with van der Waals surface area (Å²) in [6.45, 7) is 3.42. The van der Waals surface area contributed by atoms with E-state index in [1.165, 1.54) is 77.2 Å². The Bertz CT molecular complexity index is 2870. The van der Waals surface area contributed by atoms with Crippen molar-refractivity contribution in [3.8, 4) is 35.2 Å². The van der Waals surface area contributed by atoms with Gasteiger partial charge in [0.15, 0.2) is 23.7 Å². The molecule has 14 rings (SSSR count). The van der Waals surface area contributed by atoms with Gasteiger partial charge in [-0.05, 0) is 167 Å². The van der Waals surface area contributed by atoms with Crippen molar-refractivity contribution in [1.82, 2.24) is 16.0 Å². The lowest BCUT2D eigenvalue weighted by Gasteiger charge is -2.75. The number of phenolic OH excluding ortho intramolecular Hbond substituents is 1. The van der Waals surface area contributed by atoms with Crippen LogP contribution in [0.25, 0.3) is 0 Å². The van der Waals surface area contributed by atoms with E-state index in [1.54, 1.807) is 11.6 Å². The van der Waals surface area contributed by atoms with Gasteiger partial charge in [0.25, 0.3) is 0 Å². The van der Waals surface area contributed by atoms with E-state index in [-0.39, 0.29) is 69.8 Å². The van der Waals surface area contributed by atoms with Crippen LogP contribution in [-0.2, 0) is 16.0 Å². The molecule has 0 amide bonds. The number of guanidine groups is 1. The van der Waals surface area contributed by atoms with Crippen LogP contribution in [0.4, 0.5) is 0 Å². The molecule has 0 radical (unpaired) electrons. The lowest BCUT2D eigenvalue weighted by Crippen LogP contribution is -2.78. The minimum Gasteiger partial charge on any atom is -0.504 e. The number of nitrogens with one attached hydrogen (secondary N) is 3. The Morgan fingerprint density at radius 2 is 1.85 bits per heavy atom. The zero-order chi connectivity index (χ0) is 54.1. The summed E-state index contributed by atoms with van der Waals surface area (Å²) in [5.74, 6) is 17.4. The second-order valence-corrected chi connectivity index (χ2v) is 29.8. The fourth-order valence-corrected chi connectivity index (χ4v) is 23.7. The van der Waals surface area contributed by atoms with E-state index >= 15 is 0 Å². The number of piperidine rings is 1. The highest BCUT2D eigenvalue weighted by Gasteiger charge is 2.80. The second kappa shape index (κ2) is 20.0. The molecule has 1 aromatic carbocycles. The van der Waals surface area contributed by atoms with Gasteiger partial charge in [-0.3, -0.25) is 4.79 Å². The largest absolute Gasteiger partial charge is 0.504 e. The predicted molar refractivity (Wildman–Crippen MR) is 307 cm³/mol. The Kier molecular flexibility index (Phi) is 13.5. The van der Waals surface area contributed by atoms with Crippen LogP contribution in [0.2, 0.25) is 0 Å². The van der Waals surface area contributed by atoms with Gasteiger partial charge in [-0.1, -0.05) is 94.1 Å². The quantitative estimate of drug-likeness (QED) is 0.0462. The summed E-state index contributed by atoms with van der Waals surface area (Å²) in [6.07, 6.45) is 24.9. The van der Waals surface area contributed by atoms with Crippen LogP contribution in [0.3, 0.4) is 0 Å². The summed E-state index contributed by atoms with van der Waals surface area (Å²) < 4.78 is 13.1. The summed E-state index contributed by atoms with van der Waals surface area (Å²) in [7, 11) is 3.90. The standard InChI is InChI=1S/C64H83N5O8S2/c1-37(70)76-52-29-45(71)17-23-61-22-15-39-25-38-7-13-47(33-66-35-60(31-38)32-46(18-24-67-60)77-53-28-41(27-48(39)52)49(57(74)75)30-51(53)72)79-78-36-62(69-58(65)68-54(61)5-4-6-55(61)73)34-63-44(16-21-59(63)19-2-3-20-59)26-40-8-9-42-10-11-43-12-14-50(63)56(40)64(42,43)62/h4-5,12,14,26,28,30,38-39,42-48,50,52,54-57,66-67,71-75H,2-3,6,8-11,16-21,23-25,27,29,31-36H2,1H3,(H3,65,68,69)/t38-,39-,42+,43+,44-,45-,46-,47+,48+,50+,52-,54+,55+,56+,60+,61+,62-,63+,64-/m0/s1. The smallest absolute Gasteiger partial charge is 0.302 e. The number of nitrogens with two attached hydrogens (primary N) is 1. The number of aliphatic hydroxyl groups excluding tert-OH is 3. The van der Waals surface area contributed by atoms with Gasteiger partial charge in [-0.25, -0.2) is 4.99 Å². The Labute approximate surface area is 474 Å². The van der Waals surface area contributed by atoms with Gasteiger partial charge in [0.1, 0.15) is 12.2 Å². The van der Waals surface area contributed by atoms with Crippen molar-refractivity contribution in [3.63, 3.8) is 0 Å². The molecule has 6 spiro atoms. The molecule has 1 saturated heterocycles. The molecule has 4 heterocycles. The maximum atomic E-state index is 13.3. The van der Waals surface area contributed by atoms with Crippen molar-refractivity contribution in [2.24, 2.45) is 79.7 Å². The Balaban J connectivity index is 0.970. The molecule has 13 aliphatic rings. The molecule has 0 unspecified atom stereocenters. The maximum Gasteiger partial charge on any atom is 0.302 e. The van der Waals surface area contributed by atoms with Crippen molar-refractivity contribution in [1.29, 1.82) is 0 Å². The SMILES string of the molecule is CC(=O)O[C@H]1C[C@@H](O)CC[C@]23C#C[C@H]4C[C@@H]5C#C[C@H](CNC[C@@]6(C5)C[C@H](CCN6)Oc5cc(c(C(O)O)cc5O)C[C@@H]14)SSC[C@]1(C[C@@]45[C@H](C=C6CC[C@@H]7CC[C@@H]8C=C[C@@H]4[C@@H]6[C@]781)CCC51CCCC1)NC(N)=N[C@@H]2C=CC[C@H]3O. The summed E-state index contributed by atoms with van der Waals surface area (Å²) in [4.78, 5) is 18.9. The number of hydrogen-bond donors (Lipinski definition) is 9. The third-order valence-electron chi connectivity index (χ3n) is 23.7. The number of fused-ring (bicyclic) bond motifs is 4. The first kappa shape index (κ1) is 53.4. The number of nitrogens with zero attached hydrogens (tertiary/aromatic N) is 1. The monoisotopic (exact) mass is 1110 g/mol. The van der Waals surface area contributed by atoms with Crippen molar-refractivity contribution in [3.05, 3.63) is 59.2 Å². The third kappa shape index (κ3) is 8.39. The maximum absolute atomic E-state index is 13.3. The first-order valence-corrected chi connectivity index (χ1v) is 32.9. The van der Waals surface area contributed by atoms with Crippen molar-refractivity contribution in [2.75, 3.05) is 25.4 Å². The average molecular weight is 1110 g/mol. The Morgan fingerprint density at radius 1 is 0.975 bits per heavy atom. The lowest BCUT2D eigenvalue weighted by atomic mass is 9.31. The highest BCUT2D eigenvalue weighted by Crippen LogP contribution is 2.83. The molecule has 5 saturated carbocycles. The Morgan fingerprint density at radius 3 is 2.70 bits per heavy atom. The van der Waals surface area contributed by atoms with E-state index in [1.807, 2.05) is 27.7 Å². The number of benzene rings is 1. The van der Waals surface area contributed by atoms with Gasteiger partial charge >= 0.3 is 5.97 Å². The molecule has 15 heteroatoms. The first-order chi connectivity index (χ1) is 38.2. The van der Waals surface area contributed by atoms with E-state index in [9.17, 15) is 30.3 Å². The molecule has 6 fully saturated rings. The number of aliphatic imine (C=N–C) groups is 1. The number of rotatable bonds is 2. The van der Waals surface area contributed by atoms with Gasteiger partial charge < -0.3 is 56.7 Å². The number of allylic oxidation sites excluding steroid dienone is 4. The van der Waals surface area contributed by atoms with Gasteiger partial charge in [0.2, 0.25) is 0 Å². The van der Waals surface area contributed by atoms with Gasteiger partial charge in [0, 0.05) is 72.9 Å². The minimum absolute atomic E-state index is 0.0527. The van der Waals surface area contributed by atoms with Crippen molar-refractivity contribution >= 4 is 33.5 Å². The number of aliphatic hydroxyl groups is 4. The number of phenols is 1. The fourth-order valence-electron chi connectivity index (χ4n) is 20.9. The van der Waals surface area contributed by atoms with Gasteiger partial charge in [-0.2, -0.15) is 0 Å². The molecule has 13 nitrogen and oxygen atoms in total. The number of carbonyl (C=O) groups excluding carboxylic acids is 1. The van der Waals surface area contributed by atoms with Crippen LogP contribution in [-0.4, -0.2) is 110 Å². The molecular formula is C64H83N5O8S2. The Hall–Kier alpha value is -3.64. The molecule has 9 aliphatic carbocycles. The zero-order valence-electron chi connectivity index (χ0n) is 46.0. The summed E-state index contributed by atoms with van der Waals surface area (Å²) in [5, 5.41) is 70.8. The average Bonchev–Trinajstić information content (AvgIpc) is 2.03. The van der Waals surface area contributed by atoms with Crippen LogP contribution in [0.15, 0.2) is 53.1 Å². The molecule has 12 bridgehead atoms. The summed E-state index contributed by atoms with van der Waals surface area (Å²) in [6, 6.07) is 2.43. The predicted octanol–water partition coefficient (Wildman–Crippen LogP) is 7.51. The first-order valence-electron chi connectivity index (χ1n) is 30.5. The minimum atomic E-state index is -1.93. The van der Waals surface area contributed by atoms with E-state index in [0.717, 1.165) is 12.2 Å². The van der Waals surface area contributed by atoms with Crippen LogP contribution in [0, 0.1) is 92.7 Å². The molecule has 424 valence electrons. The number of aromatic hydroxyl groups is 1. The van der Waals surface area contributed by atoms with Gasteiger partial charge in [0.05, 0.1) is 34.5 Å². The topological polar surface area (TPSA) is 211 Å². The van der Waals surface area contributed by atoms with Crippen molar-refractivity contribution in [2.45, 2.75) is 188 Å². The molecular weight excluding hydrogens is 1030 g/mol. The third-order valence-corrected chi connectivity index (χ3v) is 26.4. The lowest BCUT2D eigenvalue weighted by molar-refractivity contribution is -0.190. The van der Waals surface area contributed by atoms with E-state index in [0.29, 0.717) is 99.3 Å². The number of hydrogen-bond acceptors (Lipinski definition) is 15. The molecule has 19 atom stereocenters. The summed E-state index contributed by atoms with van der Waals surface area (Å²) >= 11 is 0. The molecule has 79 heavy (non-hydrogen) atoms. The number of ether oxygens (including phenoxy) is 2. The molecule has 10 N–H and O–H groups in total. The highest BCUT2D eigenvalue weighted by molar-refractivity contribution is 8.77. The van der Waals surface area contributed by atoms with Crippen LogP contribution in [0.5, 0.6) is 11.5 Å². The van der Waals surface area contributed by atoms with Crippen molar-refractivity contribution < 1.29 is 39.8 Å². The number of carbonyl (C=O) groups is 1. The summed E-state index contributed by atoms with van der Waals surface area (Å²) in [5.41, 5.74) is 8.40. The molecule has 4 aliphatic heterocycles. The van der Waals surface area contributed by atoms with Crippen LogP contribution in [0.1, 0.15) is 146 Å². The van der Waals surface area contributed by atoms with E-state index < -0.39 is 64.9 Å². The zero-order valence-corrected chi connectivity index (χ0v) is 47.6. The van der Waals surface area contributed by atoms with Gasteiger partial charge in [-0.15, -0.1) is 0 Å².